The monoisotopic (exact) mass is 337 g/mol. The minimum absolute atomic E-state index is 0.00348. The molecule has 0 bridgehead atoms. The minimum atomic E-state index is 0.00348. The second-order valence-electron chi connectivity index (χ2n) is 7.18. The van der Waals surface area contributed by atoms with Crippen molar-refractivity contribution in [3.8, 4) is 5.75 Å². The molecule has 0 aliphatic heterocycles. The summed E-state index contributed by atoms with van der Waals surface area (Å²) in [5.74, 6) is 1.16. The van der Waals surface area contributed by atoms with Gasteiger partial charge in [-0.3, -0.25) is 4.79 Å². The van der Waals surface area contributed by atoms with Crippen molar-refractivity contribution >= 4 is 5.91 Å². The number of carbonyl (C=O) groups excluding carboxylic acids is 1. The zero-order valence-electron chi connectivity index (χ0n) is 15.6. The highest BCUT2D eigenvalue weighted by Gasteiger charge is 2.23. The summed E-state index contributed by atoms with van der Waals surface area (Å²) < 4.78 is 5.49. The van der Waals surface area contributed by atoms with Crippen LogP contribution in [0.25, 0.3) is 0 Å². The van der Waals surface area contributed by atoms with Crippen molar-refractivity contribution in [1.29, 1.82) is 0 Å². The Kier molecular flexibility index (Phi) is 5.12. The van der Waals surface area contributed by atoms with E-state index >= 15 is 0 Å². The number of rotatable bonds is 4. The van der Waals surface area contributed by atoms with Crippen LogP contribution in [0.2, 0.25) is 0 Å². The molecule has 0 spiro atoms. The first-order chi connectivity index (χ1) is 12.0. The highest BCUT2D eigenvalue weighted by molar-refractivity contribution is 5.96. The van der Waals surface area contributed by atoms with Crippen LogP contribution < -0.4 is 10.1 Å². The van der Waals surface area contributed by atoms with Gasteiger partial charge in [0.05, 0.1) is 13.2 Å². The number of hydrogen-bond donors (Lipinski definition) is 1. The summed E-state index contributed by atoms with van der Waals surface area (Å²) >= 11 is 0. The van der Waals surface area contributed by atoms with Gasteiger partial charge in [0, 0.05) is 5.56 Å². The van der Waals surface area contributed by atoms with Gasteiger partial charge >= 0.3 is 0 Å². The number of hydrogen-bond acceptors (Lipinski definition) is 2. The summed E-state index contributed by atoms with van der Waals surface area (Å²) in [6.45, 7) is 6.20. The molecule has 1 N–H and O–H groups in total. The van der Waals surface area contributed by atoms with Crippen molar-refractivity contribution in [2.75, 3.05) is 7.11 Å². The topological polar surface area (TPSA) is 38.3 Å². The summed E-state index contributed by atoms with van der Waals surface area (Å²) in [7, 11) is 1.68. The zero-order chi connectivity index (χ0) is 18.0. The van der Waals surface area contributed by atoms with E-state index < -0.39 is 0 Å². The van der Waals surface area contributed by atoms with Crippen molar-refractivity contribution in [2.24, 2.45) is 0 Å². The number of benzene rings is 2. The van der Waals surface area contributed by atoms with Gasteiger partial charge in [0.2, 0.25) is 0 Å². The van der Waals surface area contributed by atoms with E-state index in [1.807, 2.05) is 19.1 Å². The molecule has 132 valence electrons. The van der Waals surface area contributed by atoms with Crippen LogP contribution in [0.5, 0.6) is 5.75 Å². The van der Waals surface area contributed by atoms with Crippen molar-refractivity contribution in [3.05, 3.63) is 64.2 Å². The molecule has 0 fully saturated rings. The fourth-order valence-corrected chi connectivity index (χ4v) is 3.71. The van der Waals surface area contributed by atoms with Gasteiger partial charge in [-0.25, -0.2) is 0 Å². The van der Waals surface area contributed by atoms with Crippen molar-refractivity contribution in [1.82, 2.24) is 5.32 Å². The second-order valence-corrected chi connectivity index (χ2v) is 7.18. The van der Waals surface area contributed by atoms with E-state index in [9.17, 15) is 4.79 Å². The van der Waals surface area contributed by atoms with E-state index in [1.165, 1.54) is 11.1 Å². The summed E-state index contributed by atoms with van der Waals surface area (Å²) in [6, 6.07) is 12.5. The highest BCUT2D eigenvalue weighted by Crippen LogP contribution is 2.32. The number of ether oxygens (including phenoxy) is 1. The first kappa shape index (κ1) is 17.5. The van der Waals surface area contributed by atoms with Crippen LogP contribution in [0, 0.1) is 6.92 Å². The van der Waals surface area contributed by atoms with Crippen molar-refractivity contribution in [2.45, 2.75) is 52.0 Å². The van der Waals surface area contributed by atoms with Gasteiger partial charge in [0.25, 0.3) is 5.91 Å². The van der Waals surface area contributed by atoms with E-state index in [4.69, 9.17) is 4.74 Å². The molecule has 0 aromatic heterocycles. The van der Waals surface area contributed by atoms with Gasteiger partial charge in [-0.15, -0.1) is 0 Å². The van der Waals surface area contributed by atoms with Crippen LogP contribution in [0.15, 0.2) is 36.4 Å². The molecule has 0 saturated heterocycles. The molecule has 1 atom stereocenters. The lowest BCUT2D eigenvalue weighted by Gasteiger charge is -2.27. The molecular weight excluding hydrogens is 310 g/mol. The van der Waals surface area contributed by atoms with Gasteiger partial charge in [0.1, 0.15) is 5.75 Å². The van der Waals surface area contributed by atoms with E-state index in [1.54, 1.807) is 7.11 Å². The third kappa shape index (κ3) is 3.55. The second kappa shape index (κ2) is 7.30. The third-order valence-electron chi connectivity index (χ3n) is 5.12. The van der Waals surface area contributed by atoms with Crippen molar-refractivity contribution in [3.63, 3.8) is 0 Å². The third-order valence-corrected chi connectivity index (χ3v) is 5.12. The molecule has 1 amide bonds. The maximum Gasteiger partial charge on any atom is 0.252 e. The minimum Gasteiger partial charge on any atom is -0.496 e. The number of aryl methyl sites for hydroxylation is 2. The van der Waals surface area contributed by atoms with Crippen LogP contribution in [0.1, 0.15) is 71.3 Å². The number of carbonyl (C=O) groups is 1. The number of amides is 1. The summed E-state index contributed by atoms with van der Waals surface area (Å²) in [6.07, 6.45) is 3.21. The van der Waals surface area contributed by atoms with Crippen LogP contribution in [0.4, 0.5) is 0 Å². The Morgan fingerprint density at radius 2 is 2.00 bits per heavy atom. The summed E-state index contributed by atoms with van der Waals surface area (Å²) in [5.41, 5.74) is 5.38. The normalized spacial score (nSPS) is 16.4. The number of fused-ring (bicyclic) bond motifs is 1. The highest BCUT2D eigenvalue weighted by atomic mass is 16.5. The Bertz CT molecular complexity index is 780. The zero-order valence-corrected chi connectivity index (χ0v) is 15.6. The molecule has 1 aliphatic carbocycles. The smallest absolute Gasteiger partial charge is 0.252 e. The Balaban J connectivity index is 1.89. The molecule has 3 heteroatoms. The molecule has 1 aliphatic rings. The van der Waals surface area contributed by atoms with E-state index in [0.29, 0.717) is 5.92 Å². The Hall–Kier alpha value is -2.29. The molecule has 2 aromatic carbocycles. The molecule has 0 saturated carbocycles. The summed E-state index contributed by atoms with van der Waals surface area (Å²) in [5, 5.41) is 3.26. The maximum absolute atomic E-state index is 13.0. The van der Waals surface area contributed by atoms with Crippen LogP contribution in [-0.4, -0.2) is 13.0 Å². The molecule has 2 aromatic rings. The quantitative estimate of drug-likeness (QED) is 0.858. The molecule has 3 nitrogen and oxygen atoms in total. The maximum atomic E-state index is 13.0. The van der Waals surface area contributed by atoms with Crippen LogP contribution >= 0.6 is 0 Å². The van der Waals surface area contributed by atoms with Gasteiger partial charge in [0.15, 0.2) is 0 Å². The van der Waals surface area contributed by atoms with Gasteiger partial charge < -0.3 is 10.1 Å². The van der Waals surface area contributed by atoms with E-state index in [0.717, 1.165) is 41.7 Å². The Morgan fingerprint density at radius 3 is 2.72 bits per heavy atom. The number of nitrogens with one attached hydrogen (secondary N) is 1. The first-order valence-corrected chi connectivity index (χ1v) is 9.08. The Labute approximate surface area is 150 Å². The fraction of sp³-hybridized carbons (Fsp3) is 0.409. The summed E-state index contributed by atoms with van der Waals surface area (Å²) in [4.78, 5) is 13.0. The predicted octanol–water partition coefficient (Wildman–Crippen LogP) is 4.93. The van der Waals surface area contributed by atoms with Gasteiger partial charge in [-0.1, -0.05) is 38.1 Å². The standard InChI is InChI=1S/C22H27NO2/c1-14(2)18-13-19(15(3)12-21(18)25-4)22(24)23-20-11-7-9-16-8-5-6-10-17(16)20/h5-6,8,10,12-14,20H,7,9,11H2,1-4H3,(H,23,24)/t20-/m0/s1. The lowest BCUT2D eigenvalue weighted by Crippen LogP contribution is -2.31. The first-order valence-electron chi connectivity index (χ1n) is 9.08. The van der Waals surface area contributed by atoms with Gasteiger partial charge in [-0.2, -0.15) is 0 Å². The molecule has 0 radical (unpaired) electrons. The molecular formula is C22H27NO2. The SMILES string of the molecule is COc1cc(C)c(C(=O)N[C@H]2CCCc3ccccc32)cc1C(C)C. The van der Waals surface area contributed by atoms with Crippen molar-refractivity contribution < 1.29 is 9.53 Å². The van der Waals surface area contributed by atoms with Crippen LogP contribution in [-0.2, 0) is 6.42 Å². The average molecular weight is 337 g/mol. The fourth-order valence-electron chi connectivity index (χ4n) is 3.71. The lowest BCUT2D eigenvalue weighted by molar-refractivity contribution is 0.0932. The lowest BCUT2D eigenvalue weighted by atomic mass is 9.87. The van der Waals surface area contributed by atoms with E-state index in [2.05, 4.69) is 43.4 Å². The average Bonchev–Trinajstić information content (AvgIpc) is 2.61. The molecule has 25 heavy (non-hydrogen) atoms. The Morgan fingerprint density at radius 1 is 1.24 bits per heavy atom. The predicted molar refractivity (Wildman–Crippen MR) is 101 cm³/mol. The van der Waals surface area contributed by atoms with Gasteiger partial charge in [-0.05, 0) is 66.5 Å². The molecule has 3 rings (SSSR count). The molecule has 0 unspecified atom stereocenters. The van der Waals surface area contributed by atoms with Crippen LogP contribution in [0.3, 0.4) is 0 Å². The number of methoxy groups -OCH3 is 1. The van der Waals surface area contributed by atoms with E-state index in [-0.39, 0.29) is 11.9 Å². The molecule has 0 heterocycles. The largest absolute Gasteiger partial charge is 0.496 e.